The molecule has 0 aliphatic heterocycles. The monoisotopic (exact) mass is 246 g/mol. The zero-order valence-electron chi connectivity index (χ0n) is 9.45. The lowest BCUT2D eigenvalue weighted by molar-refractivity contribution is 0.194. The smallest absolute Gasteiger partial charge is 0.203 e. The highest BCUT2D eigenvalue weighted by Crippen LogP contribution is 2.43. The fraction of sp³-hybridized carbons (Fsp3) is 0.455. The minimum absolute atomic E-state index is 0.0900. The van der Waals surface area contributed by atoms with E-state index >= 15 is 0 Å². The molecule has 0 aliphatic carbocycles. The Morgan fingerprint density at radius 3 is 2.44 bits per heavy atom. The number of phenols is 1. The second-order valence-corrected chi connectivity index (χ2v) is 3.88. The first-order valence-corrected chi connectivity index (χ1v) is 5.19. The van der Waals surface area contributed by atoms with Gasteiger partial charge in [-0.1, -0.05) is 11.6 Å². The van der Waals surface area contributed by atoms with Crippen LogP contribution in [-0.4, -0.2) is 30.5 Å². The van der Waals surface area contributed by atoms with E-state index in [0.717, 1.165) is 0 Å². The molecule has 0 amide bonds. The third-order valence-corrected chi connectivity index (χ3v) is 2.53. The number of methoxy groups -OCH3 is 2. The van der Waals surface area contributed by atoms with Gasteiger partial charge in [0.15, 0.2) is 11.5 Å². The SMILES string of the molecule is COc1cc(Cl)c(CC(C)O)c(O)c1OC. The van der Waals surface area contributed by atoms with Crippen molar-refractivity contribution in [2.45, 2.75) is 19.4 Å². The van der Waals surface area contributed by atoms with Gasteiger partial charge in [-0.3, -0.25) is 0 Å². The molecule has 0 spiro atoms. The molecule has 0 aromatic heterocycles. The summed E-state index contributed by atoms with van der Waals surface area (Å²) in [5, 5.41) is 19.6. The van der Waals surface area contributed by atoms with Gasteiger partial charge in [0.05, 0.1) is 25.3 Å². The van der Waals surface area contributed by atoms with E-state index in [1.54, 1.807) is 13.0 Å². The molecule has 5 heteroatoms. The maximum Gasteiger partial charge on any atom is 0.203 e. The summed E-state index contributed by atoms with van der Waals surface area (Å²) in [5.41, 5.74) is 0.453. The van der Waals surface area contributed by atoms with Crippen molar-refractivity contribution in [3.8, 4) is 17.2 Å². The van der Waals surface area contributed by atoms with Crippen LogP contribution in [0.2, 0.25) is 5.02 Å². The third kappa shape index (κ3) is 2.51. The van der Waals surface area contributed by atoms with E-state index in [-0.39, 0.29) is 17.9 Å². The maximum atomic E-state index is 9.93. The van der Waals surface area contributed by atoms with Crippen molar-refractivity contribution in [1.29, 1.82) is 0 Å². The molecule has 1 rings (SSSR count). The van der Waals surface area contributed by atoms with Crippen LogP contribution in [0.4, 0.5) is 0 Å². The second kappa shape index (κ2) is 5.27. The van der Waals surface area contributed by atoms with Crippen LogP contribution in [0, 0.1) is 0 Å². The van der Waals surface area contributed by atoms with Crippen molar-refractivity contribution < 1.29 is 19.7 Å². The molecule has 2 N–H and O–H groups in total. The van der Waals surface area contributed by atoms with Crippen molar-refractivity contribution >= 4 is 11.6 Å². The highest BCUT2D eigenvalue weighted by molar-refractivity contribution is 6.31. The summed E-state index contributed by atoms with van der Waals surface area (Å²) in [6.45, 7) is 1.62. The third-order valence-electron chi connectivity index (χ3n) is 2.19. The van der Waals surface area contributed by atoms with Gasteiger partial charge in [-0.2, -0.15) is 0 Å². The summed E-state index contributed by atoms with van der Waals surface area (Å²) in [5.74, 6) is 0.495. The van der Waals surface area contributed by atoms with Gasteiger partial charge >= 0.3 is 0 Å². The molecule has 90 valence electrons. The van der Waals surface area contributed by atoms with E-state index in [2.05, 4.69) is 0 Å². The number of benzene rings is 1. The van der Waals surface area contributed by atoms with Crippen LogP contribution >= 0.6 is 11.6 Å². The molecule has 1 atom stereocenters. The van der Waals surface area contributed by atoms with E-state index in [0.29, 0.717) is 16.3 Å². The Labute approximate surface area is 99.4 Å². The van der Waals surface area contributed by atoms with Gasteiger partial charge in [0, 0.05) is 18.1 Å². The summed E-state index contributed by atoms with van der Waals surface area (Å²) in [6, 6.07) is 1.55. The number of phenolic OH excluding ortho intramolecular Hbond substituents is 1. The molecule has 0 heterocycles. The molecule has 0 radical (unpaired) electrons. The molecule has 0 saturated carbocycles. The largest absolute Gasteiger partial charge is 0.504 e. The first-order chi connectivity index (χ1) is 7.51. The molecular formula is C11H15ClO4. The van der Waals surface area contributed by atoms with Gasteiger partial charge in [-0.05, 0) is 6.92 Å². The fourth-order valence-electron chi connectivity index (χ4n) is 1.47. The first-order valence-electron chi connectivity index (χ1n) is 4.81. The highest BCUT2D eigenvalue weighted by atomic mass is 35.5. The fourth-order valence-corrected chi connectivity index (χ4v) is 1.74. The number of ether oxygens (including phenoxy) is 2. The van der Waals surface area contributed by atoms with Crippen molar-refractivity contribution in [1.82, 2.24) is 0 Å². The van der Waals surface area contributed by atoms with Gasteiger partial charge in [-0.15, -0.1) is 0 Å². The van der Waals surface area contributed by atoms with Crippen LogP contribution in [0.15, 0.2) is 6.07 Å². The molecule has 4 nitrogen and oxygen atoms in total. The lowest BCUT2D eigenvalue weighted by atomic mass is 10.1. The van der Waals surface area contributed by atoms with Gasteiger partial charge in [0.1, 0.15) is 0 Å². The minimum Gasteiger partial charge on any atom is -0.504 e. The number of aromatic hydroxyl groups is 1. The van der Waals surface area contributed by atoms with E-state index < -0.39 is 6.10 Å². The second-order valence-electron chi connectivity index (χ2n) is 3.47. The van der Waals surface area contributed by atoms with Crippen LogP contribution in [0.25, 0.3) is 0 Å². The normalized spacial score (nSPS) is 12.3. The Morgan fingerprint density at radius 1 is 1.38 bits per heavy atom. The zero-order chi connectivity index (χ0) is 12.3. The van der Waals surface area contributed by atoms with Gasteiger partial charge < -0.3 is 19.7 Å². The summed E-state index contributed by atoms with van der Waals surface area (Å²) in [7, 11) is 2.89. The molecule has 0 fully saturated rings. The van der Waals surface area contributed by atoms with Crippen molar-refractivity contribution in [2.75, 3.05) is 14.2 Å². The Balaban J connectivity index is 3.29. The van der Waals surface area contributed by atoms with Gasteiger partial charge in [-0.25, -0.2) is 0 Å². The quantitative estimate of drug-likeness (QED) is 0.853. The van der Waals surface area contributed by atoms with Crippen LogP contribution in [0.3, 0.4) is 0 Å². The Morgan fingerprint density at radius 2 is 2.00 bits per heavy atom. The lowest BCUT2D eigenvalue weighted by Gasteiger charge is -2.15. The van der Waals surface area contributed by atoms with Crippen LogP contribution in [0.5, 0.6) is 17.2 Å². The minimum atomic E-state index is -0.596. The molecule has 1 aromatic carbocycles. The standard InChI is InChI=1S/C11H15ClO4/c1-6(13)4-7-8(12)5-9(15-2)11(16-3)10(7)14/h5-6,13-14H,4H2,1-3H3. The maximum absolute atomic E-state index is 9.93. The molecular weight excluding hydrogens is 232 g/mol. The Kier molecular flexibility index (Phi) is 4.26. The summed E-state index contributed by atoms with van der Waals surface area (Å²) in [4.78, 5) is 0. The average molecular weight is 247 g/mol. The van der Waals surface area contributed by atoms with Crippen molar-refractivity contribution in [2.24, 2.45) is 0 Å². The van der Waals surface area contributed by atoms with Gasteiger partial charge in [0.2, 0.25) is 5.75 Å². The first kappa shape index (κ1) is 12.9. The molecule has 1 aromatic rings. The Hall–Kier alpha value is -1.13. The predicted molar refractivity (Wildman–Crippen MR) is 61.6 cm³/mol. The number of aliphatic hydroxyl groups excluding tert-OH is 1. The molecule has 0 bridgehead atoms. The van der Waals surface area contributed by atoms with Crippen LogP contribution in [-0.2, 0) is 6.42 Å². The topological polar surface area (TPSA) is 58.9 Å². The van der Waals surface area contributed by atoms with E-state index in [1.165, 1.54) is 14.2 Å². The number of hydrogen-bond donors (Lipinski definition) is 2. The summed E-state index contributed by atoms with van der Waals surface area (Å²) in [6.07, 6.45) is -0.341. The molecule has 16 heavy (non-hydrogen) atoms. The van der Waals surface area contributed by atoms with E-state index in [9.17, 15) is 10.2 Å². The van der Waals surface area contributed by atoms with E-state index in [1.807, 2.05) is 0 Å². The highest BCUT2D eigenvalue weighted by Gasteiger charge is 2.19. The summed E-state index contributed by atoms with van der Waals surface area (Å²) >= 11 is 5.98. The number of halogens is 1. The summed E-state index contributed by atoms with van der Waals surface area (Å²) < 4.78 is 10.1. The zero-order valence-corrected chi connectivity index (χ0v) is 10.2. The number of hydrogen-bond acceptors (Lipinski definition) is 4. The average Bonchev–Trinajstić information content (AvgIpc) is 2.23. The number of rotatable bonds is 4. The van der Waals surface area contributed by atoms with Crippen LogP contribution < -0.4 is 9.47 Å². The lowest BCUT2D eigenvalue weighted by Crippen LogP contribution is -2.06. The predicted octanol–water partition coefficient (Wildman–Crippen LogP) is 1.99. The Bertz CT molecular complexity index is 377. The van der Waals surface area contributed by atoms with Crippen molar-refractivity contribution in [3.05, 3.63) is 16.7 Å². The molecule has 1 unspecified atom stereocenters. The number of aliphatic hydroxyl groups is 1. The molecule has 0 saturated heterocycles. The van der Waals surface area contributed by atoms with E-state index in [4.69, 9.17) is 21.1 Å². The van der Waals surface area contributed by atoms with Crippen molar-refractivity contribution in [3.63, 3.8) is 0 Å². The molecule has 0 aliphatic rings. The van der Waals surface area contributed by atoms with Gasteiger partial charge in [0.25, 0.3) is 0 Å². The van der Waals surface area contributed by atoms with Crippen LogP contribution in [0.1, 0.15) is 12.5 Å².